The minimum absolute atomic E-state index is 0.0572. The van der Waals surface area contributed by atoms with Gasteiger partial charge in [0.2, 0.25) is 5.91 Å². The van der Waals surface area contributed by atoms with Crippen LogP contribution in [0.3, 0.4) is 0 Å². The molecule has 0 radical (unpaired) electrons. The number of carbonyl (C=O) groups excluding carboxylic acids is 3. The molecule has 0 fully saturated rings. The summed E-state index contributed by atoms with van der Waals surface area (Å²) < 4.78 is 5.41. The van der Waals surface area contributed by atoms with E-state index in [0.717, 1.165) is 21.6 Å². The molecule has 266 valence electrons. The Bertz CT molecular complexity index is 1680. The van der Waals surface area contributed by atoms with Gasteiger partial charge in [0.05, 0.1) is 16.8 Å². The zero-order chi connectivity index (χ0) is 36.0. The van der Waals surface area contributed by atoms with Crippen molar-refractivity contribution in [1.82, 2.24) is 20.5 Å². The molecule has 10 nitrogen and oxygen atoms in total. The number of amides is 4. The van der Waals surface area contributed by atoms with E-state index in [9.17, 15) is 19.5 Å². The molecule has 3 atom stereocenters. The molecule has 12 heteroatoms. The predicted octanol–water partition coefficient (Wildman–Crippen LogP) is 5.07. The van der Waals surface area contributed by atoms with Crippen LogP contribution in [0.2, 0.25) is 0 Å². The first kappa shape index (κ1) is 38.4. The van der Waals surface area contributed by atoms with Crippen LogP contribution >= 0.6 is 22.7 Å². The number of nitrogens with zero attached hydrogens (tertiary/aromatic N) is 2. The van der Waals surface area contributed by atoms with E-state index in [1.165, 1.54) is 16.2 Å². The number of hydrogen-bond donors (Lipinski definition) is 4. The molecular weight excluding hydrogens is 671 g/mol. The van der Waals surface area contributed by atoms with Gasteiger partial charge < -0.3 is 25.4 Å². The number of hydrogen-bond acceptors (Lipinski definition) is 8. The number of aliphatic hydroxyl groups is 1. The maximum atomic E-state index is 13.9. The van der Waals surface area contributed by atoms with Crippen molar-refractivity contribution in [2.75, 3.05) is 7.05 Å². The van der Waals surface area contributed by atoms with Crippen LogP contribution in [0, 0.1) is 5.92 Å². The minimum Gasteiger partial charge on any atom is -0.406 e. The van der Waals surface area contributed by atoms with E-state index in [0.29, 0.717) is 24.6 Å². The second-order valence-electron chi connectivity index (χ2n) is 13.0. The first-order valence-corrected chi connectivity index (χ1v) is 18.6. The van der Waals surface area contributed by atoms with Crippen LogP contribution in [-0.4, -0.2) is 64.0 Å². The molecule has 0 aliphatic rings. The van der Waals surface area contributed by atoms with Gasteiger partial charge in [-0.05, 0) is 46.4 Å². The van der Waals surface area contributed by atoms with Crippen molar-refractivity contribution in [3.05, 3.63) is 110 Å². The monoisotopic (exact) mass is 718 g/mol. The summed E-state index contributed by atoms with van der Waals surface area (Å²) in [5.41, 5.74) is 4.91. The number of ether oxygens (including phenoxy) is 1. The van der Waals surface area contributed by atoms with Crippen molar-refractivity contribution >= 4 is 46.4 Å². The Kier molecular flexibility index (Phi) is 14.7. The lowest BCUT2D eigenvalue weighted by molar-refractivity contribution is -0.375. The van der Waals surface area contributed by atoms with Gasteiger partial charge in [-0.2, -0.15) is 4.79 Å². The number of carbonyl (C=O) groups is 3. The summed E-state index contributed by atoms with van der Waals surface area (Å²) >= 11 is 3.06. The lowest BCUT2D eigenvalue weighted by Crippen LogP contribution is -2.80. The van der Waals surface area contributed by atoms with Crippen LogP contribution in [-0.2, 0) is 35.5 Å². The quantitative estimate of drug-likeness (QED) is 0.120. The topological polar surface area (TPSA) is 135 Å². The third kappa shape index (κ3) is 12.2. The summed E-state index contributed by atoms with van der Waals surface area (Å²) in [5.74, 6) is -0.150. The van der Waals surface area contributed by atoms with E-state index in [1.807, 2.05) is 74.5 Å². The van der Waals surface area contributed by atoms with Crippen LogP contribution in [0.15, 0.2) is 83.8 Å². The molecule has 2 aromatic carbocycles. The van der Waals surface area contributed by atoms with E-state index < -0.39 is 24.3 Å². The number of urea groups is 1. The van der Waals surface area contributed by atoms with E-state index in [2.05, 4.69) is 45.9 Å². The highest BCUT2D eigenvalue weighted by Gasteiger charge is 2.31. The Morgan fingerprint density at radius 1 is 0.940 bits per heavy atom. The van der Waals surface area contributed by atoms with Gasteiger partial charge in [-0.25, -0.2) is 4.79 Å². The average molecular weight is 719 g/mol. The maximum absolute atomic E-state index is 13.9. The highest BCUT2D eigenvalue weighted by Crippen LogP contribution is 2.24. The molecule has 2 aromatic heterocycles. The molecule has 4 aromatic rings. The smallest absolute Gasteiger partial charge is 0.406 e. The SMILES string of the molecule is CC(C)c1cc(CN(C)C(=O)N[C@H](C(=O)N[C@@H](Cc2ccccc2)C[C@H](O)/C(Cc2ccccc2)=[NH+]/C(=O)OCc2cncs2)C(C)C)cs1. The Morgan fingerprint density at radius 3 is 2.22 bits per heavy atom. The highest BCUT2D eigenvalue weighted by molar-refractivity contribution is 7.10. The summed E-state index contributed by atoms with van der Waals surface area (Å²) in [4.78, 5) is 50.4. The molecule has 0 aliphatic carbocycles. The molecule has 4 amide bonds. The zero-order valence-corrected chi connectivity index (χ0v) is 30.9. The molecule has 0 spiro atoms. The molecule has 0 saturated heterocycles. The van der Waals surface area contributed by atoms with E-state index in [1.54, 1.807) is 35.0 Å². The number of thiazole rings is 1. The maximum Gasteiger partial charge on any atom is 0.595 e. The van der Waals surface area contributed by atoms with Gasteiger partial charge in [0, 0.05) is 37.1 Å². The largest absolute Gasteiger partial charge is 0.595 e. The highest BCUT2D eigenvalue weighted by atomic mass is 32.1. The van der Waals surface area contributed by atoms with E-state index in [-0.39, 0.29) is 37.3 Å². The first-order valence-electron chi connectivity index (χ1n) is 16.8. The minimum atomic E-state index is -1.13. The third-order valence-electron chi connectivity index (χ3n) is 8.15. The Morgan fingerprint density at radius 2 is 1.62 bits per heavy atom. The fourth-order valence-electron chi connectivity index (χ4n) is 5.38. The number of benzene rings is 2. The fraction of sp³-hybridized carbons (Fsp3) is 0.395. The molecule has 0 bridgehead atoms. The van der Waals surface area contributed by atoms with Gasteiger partial charge >= 0.3 is 12.1 Å². The number of aliphatic hydroxyl groups excluding tert-OH is 1. The summed E-state index contributed by atoms with van der Waals surface area (Å²) in [7, 11) is 1.71. The second-order valence-corrected chi connectivity index (χ2v) is 15.0. The van der Waals surface area contributed by atoms with E-state index >= 15 is 0 Å². The Balaban J connectivity index is 1.49. The van der Waals surface area contributed by atoms with Crippen LogP contribution in [0.5, 0.6) is 0 Å². The van der Waals surface area contributed by atoms with Crippen LogP contribution in [0.1, 0.15) is 66.5 Å². The van der Waals surface area contributed by atoms with Crippen LogP contribution in [0.4, 0.5) is 9.59 Å². The number of aromatic nitrogens is 1. The van der Waals surface area contributed by atoms with Gasteiger partial charge in [-0.1, -0.05) is 88.4 Å². The lowest BCUT2D eigenvalue weighted by atomic mass is 9.94. The molecule has 2 heterocycles. The lowest BCUT2D eigenvalue weighted by Gasteiger charge is -2.28. The van der Waals surface area contributed by atoms with Crippen molar-refractivity contribution in [3.63, 3.8) is 0 Å². The fourth-order valence-corrected chi connectivity index (χ4v) is 6.80. The van der Waals surface area contributed by atoms with Crippen molar-refractivity contribution < 1.29 is 29.2 Å². The Hall–Kier alpha value is -4.39. The molecule has 4 rings (SSSR count). The van der Waals surface area contributed by atoms with E-state index in [4.69, 9.17) is 4.74 Å². The second kappa shape index (κ2) is 19.1. The standard InChI is InChI=1S/C38H47N5O5S2/c1-25(2)34-18-29(23-49-34)21-43(5)37(46)42-35(26(3)4)36(45)40-30(16-27-12-8-6-9-13-27)19-33(44)32(17-28-14-10-7-11-15-28)41-38(47)48-22-31-20-39-24-50-31/h6-15,18,20,23-26,30,33,35,44H,16-17,19,21-22H2,1-5H3,(H,40,45)(H,42,46)/p+1/b41-32+/t30-,33-,35-/m0/s1. The van der Waals surface area contributed by atoms with Gasteiger partial charge in [0.25, 0.3) is 0 Å². The number of nitrogens with one attached hydrogen (secondary N) is 3. The average Bonchev–Trinajstić information content (AvgIpc) is 3.79. The number of thiophene rings is 1. The molecular formula is C38H48N5O5S2+. The van der Waals surface area contributed by atoms with Crippen molar-refractivity contribution in [2.45, 2.75) is 84.2 Å². The van der Waals surface area contributed by atoms with Gasteiger partial charge in [0.1, 0.15) is 18.8 Å². The normalized spacial score (nSPS) is 13.5. The van der Waals surface area contributed by atoms with Gasteiger partial charge in [0.15, 0.2) is 5.71 Å². The van der Waals surface area contributed by atoms with Crippen molar-refractivity contribution in [2.24, 2.45) is 5.92 Å². The van der Waals surface area contributed by atoms with Gasteiger partial charge in [-0.3, -0.25) is 9.78 Å². The molecule has 0 aliphatic heterocycles. The summed E-state index contributed by atoms with van der Waals surface area (Å²) in [5, 5.41) is 19.7. The summed E-state index contributed by atoms with van der Waals surface area (Å²) in [6, 6.07) is 19.6. The molecule has 0 saturated carbocycles. The number of rotatable bonds is 16. The summed E-state index contributed by atoms with van der Waals surface area (Å²) in [6.07, 6.45) is 0.611. The van der Waals surface area contributed by atoms with Gasteiger partial charge in [-0.15, -0.1) is 27.7 Å². The predicted molar refractivity (Wildman–Crippen MR) is 198 cm³/mol. The molecule has 4 N–H and O–H groups in total. The first-order chi connectivity index (χ1) is 24.0. The zero-order valence-electron chi connectivity index (χ0n) is 29.3. The third-order valence-corrected chi connectivity index (χ3v) is 10.2. The Labute approximate surface area is 302 Å². The summed E-state index contributed by atoms with van der Waals surface area (Å²) in [6.45, 7) is 8.52. The van der Waals surface area contributed by atoms with Crippen molar-refractivity contribution in [3.8, 4) is 0 Å². The van der Waals surface area contributed by atoms with Crippen LogP contribution < -0.4 is 15.6 Å². The van der Waals surface area contributed by atoms with Crippen LogP contribution in [0.25, 0.3) is 0 Å². The molecule has 50 heavy (non-hydrogen) atoms. The molecule has 0 unspecified atom stereocenters. The van der Waals surface area contributed by atoms with Crippen molar-refractivity contribution in [1.29, 1.82) is 0 Å².